The fraction of sp³-hybridized carbons (Fsp3) is 0.357. The summed E-state index contributed by atoms with van der Waals surface area (Å²) in [4.78, 5) is 4.37. The summed E-state index contributed by atoms with van der Waals surface area (Å²) in [5.74, 6) is 0.856. The number of benzene rings is 1. The van der Waals surface area contributed by atoms with Gasteiger partial charge in [0.2, 0.25) is 0 Å². The van der Waals surface area contributed by atoms with Gasteiger partial charge in [0, 0.05) is 22.6 Å². The lowest BCUT2D eigenvalue weighted by molar-refractivity contribution is 0.397. The van der Waals surface area contributed by atoms with Crippen LogP contribution in [0.5, 0.6) is 5.75 Å². The predicted molar refractivity (Wildman–Crippen MR) is 82.7 cm³/mol. The summed E-state index contributed by atoms with van der Waals surface area (Å²) in [6.07, 6.45) is 1.84. The second-order valence-corrected chi connectivity index (χ2v) is 6.52. The molecule has 1 aromatic carbocycles. The quantitative estimate of drug-likeness (QED) is 0.895. The van der Waals surface area contributed by atoms with Gasteiger partial charge in [-0.1, -0.05) is 22.0 Å². The Bertz CT molecular complexity index is 540. The number of halogens is 1. The third kappa shape index (κ3) is 3.55. The molecular formula is C14H17BrN2OS. The van der Waals surface area contributed by atoms with Gasteiger partial charge >= 0.3 is 0 Å². The first-order valence-electron chi connectivity index (χ1n) is 6.00. The van der Waals surface area contributed by atoms with Gasteiger partial charge in [0.1, 0.15) is 10.8 Å². The molecule has 0 radical (unpaired) electrons. The van der Waals surface area contributed by atoms with E-state index in [1.807, 2.05) is 23.7 Å². The summed E-state index contributed by atoms with van der Waals surface area (Å²) in [5, 5.41) is 6.63. The second-order valence-electron chi connectivity index (χ2n) is 4.77. The van der Waals surface area contributed by atoms with Crippen LogP contribution in [0, 0.1) is 0 Å². The molecule has 0 spiro atoms. The van der Waals surface area contributed by atoms with Gasteiger partial charge in [0.25, 0.3) is 0 Å². The molecular weight excluding hydrogens is 324 g/mol. The maximum atomic E-state index is 5.20. The van der Waals surface area contributed by atoms with Gasteiger partial charge in [-0.15, -0.1) is 11.3 Å². The first-order valence-corrected chi connectivity index (χ1v) is 7.67. The Labute approximate surface area is 126 Å². The highest BCUT2D eigenvalue weighted by molar-refractivity contribution is 9.10. The van der Waals surface area contributed by atoms with E-state index in [4.69, 9.17) is 4.74 Å². The monoisotopic (exact) mass is 340 g/mol. The van der Waals surface area contributed by atoms with Crippen molar-refractivity contribution in [2.24, 2.45) is 0 Å². The van der Waals surface area contributed by atoms with Crippen LogP contribution in [0.15, 0.2) is 34.2 Å². The highest BCUT2D eigenvalue weighted by Gasteiger charge is 2.22. The number of hydrogen-bond donors (Lipinski definition) is 1. The molecule has 0 atom stereocenters. The zero-order valence-corrected chi connectivity index (χ0v) is 13.6. The standard InChI is InChI=1S/C14H17BrN2OS/c1-14(2,13-16-6-7-19-13)17-9-10-4-5-11(18-3)8-12(10)15/h4-8,17H,9H2,1-3H3. The van der Waals surface area contributed by atoms with Gasteiger partial charge in [-0.3, -0.25) is 0 Å². The van der Waals surface area contributed by atoms with E-state index >= 15 is 0 Å². The average Bonchev–Trinajstić information content (AvgIpc) is 2.92. The van der Waals surface area contributed by atoms with Crippen LogP contribution >= 0.6 is 27.3 Å². The van der Waals surface area contributed by atoms with Crippen molar-refractivity contribution in [1.29, 1.82) is 0 Å². The Balaban J connectivity index is 2.06. The summed E-state index contributed by atoms with van der Waals surface area (Å²) in [6.45, 7) is 5.06. The largest absolute Gasteiger partial charge is 0.497 e. The van der Waals surface area contributed by atoms with E-state index in [1.165, 1.54) is 5.56 Å². The van der Waals surface area contributed by atoms with E-state index in [1.54, 1.807) is 18.4 Å². The number of methoxy groups -OCH3 is 1. The van der Waals surface area contributed by atoms with Gasteiger partial charge in [0.05, 0.1) is 12.6 Å². The van der Waals surface area contributed by atoms with Crippen molar-refractivity contribution in [2.75, 3.05) is 7.11 Å². The van der Waals surface area contributed by atoms with Crippen molar-refractivity contribution in [3.05, 3.63) is 44.8 Å². The minimum atomic E-state index is -0.131. The van der Waals surface area contributed by atoms with Crippen LogP contribution in [0.1, 0.15) is 24.4 Å². The van der Waals surface area contributed by atoms with Crippen molar-refractivity contribution in [3.63, 3.8) is 0 Å². The molecule has 0 aliphatic heterocycles. The van der Waals surface area contributed by atoms with Crippen LogP contribution in [-0.4, -0.2) is 12.1 Å². The third-order valence-electron chi connectivity index (χ3n) is 2.95. The molecule has 0 amide bonds. The minimum absolute atomic E-state index is 0.131. The van der Waals surface area contributed by atoms with Crippen LogP contribution in [0.3, 0.4) is 0 Å². The minimum Gasteiger partial charge on any atom is -0.497 e. The van der Waals surface area contributed by atoms with Crippen molar-refractivity contribution < 1.29 is 4.74 Å². The van der Waals surface area contributed by atoms with E-state index in [-0.39, 0.29) is 5.54 Å². The second kappa shape index (κ2) is 6.03. The van der Waals surface area contributed by atoms with Crippen LogP contribution < -0.4 is 10.1 Å². The Morgan fingerprint density at radius 2 is 2.21 bits per heavy atom. The first kappa shape index (κ1) is 14.5. The van der Waals surface area contributed by atoms with Gasteiger partial charge in [0.15, 0.2) is 0 Å². The van der Waals surface area contributed by atoms with E-state index in [0.717, 1.165) is 21.8 Å². The van der Waals surface area contributed by atoms with E-state index in [0.29, 0.717) is 0 Å². The molecule has 3 nitrogen and oxygen atoms in total. The lowest BCUT2D eigenvalue weighted by Gasteiger charge is -2.24. The molecule has 1 aromatic heterocycles. The van der Waals surface area contributed by atoms with Crippen LogP contribution in [-0.2, 0) is 12.1 Å². The first-order chi connectivity index (χ1) is 9.03. The zero-order chi connectivity index (χ0) is 13.9. The summed E-state index contributed by atoms with van der Waals surface area (Å²) in [6, 6.07) is 6.01. The average molecular weight is 341 g/mol. The lowest BCUT2D eigenvalue weighted by Crippen LogP contribution is -2.35. The van der Waals surface area contributed by atoms with E-state index in [9.17, 15) is 0 Å². The molecule has 1 heterocycles. The summed E-state index contributed by atoms with van der Waals surface area (Å²) in [5.41, 5.74) is 1.07. The highest BCUT2D eigenvalue weighted by Crippen LogP contribution is 2.26. The Morgan fingerprint density at radius 3 is 2.79 bits per heavy atom. The molecule has 2 rings (SSSR count). The van der Waals surface area contributed by atoms with Gasteiger partial charge in [-0.25, -0.2) is 4.98 Å². The van der Waals surface area contributed by atoms with Crippen molar-refractivity contribution in [2.45, 2.75) is 25.9 Å². The molecule has 102 valence electrons. The maximum absolute atomic E-state index is 5.20. The van der Waals surface area contributed by atoms with Gasteiger partial charge < -0.3 is 10.1 Å². The lowest BCUT2D eigenvalue weighted by atomic mass is 10.1. The number of thiazole rings is 1. The number of ether oxygens (including phenoxy) is 1. The van der Waals surface area contributed by atoms with Crippen molar-refractivity contribution in [3.8, 4) is 5.75 Å². The van der Waals surface area contributed by atoms with Gasteiger partial charge in [-0.05, 0) is 31.5 Å². The molecule has 0 bridgehead atoms. The number of aromatic nitrogens is 1. The Hall–Kier alpha value is -0.910. The predicted octanol–water partition coefficient (Wildman–Crippen LogP) is 3.94. The van der Waals surface area contributed by atoms with Crippen LogP contribution in [0.25, 0.3) is 0 Å². The molecule has 2 aromatic rings. The number of rotatable bonds is 5. The Kier molecular flexibility index (Phi) is 4.60. The molecule has 0 fully saturated rings. The van der Waals surface area contributed by atoms with Crippen molar-refractivity contribution in [1.82, 2.24) is 10.3 Å². The molecule has 0 saturated carbocycles. The fourth-order valence-electron chi connectivity index (χ4n) is 1.72. The fourth-order valence-corrected chi connectivity index (χ4v) is 2.96. The SMILES string of the molecule is COc1ccc(CNC(C)(C)c2nccs2)c(Br)c1. The molecule has 0 aliphatic rings. The number of nitrogens with one attached hydrogen (secondary N) is 1. The Morgan fingerprint density at radius 1 is 1.42 bits per heavy atom. The van der Waals surface area contributed by atoms with Crippen molar-refractivity contribution >= 4 is 27.3 Å². The molecule has 5 heteroatoms. The van der Waals surface area contributed by atoms with E-state index < -0.39 is 0 Å². The van der Waals surface area contributed by atoms with Crippen LogP contribution in [0.2, 0.25) is 0 Å². The topological polar surface area (TPSA) is 34.1 Å². The highest BCUT2D eigenvalue weighted by atomic mass is 79.9. The molecule has 0 aliphatic carbocycles. The molecule has 0 unspecified atom stereocenters. The zero-order valence-electron chi connectivity index (χ0n) is 11.2. The number of hydrogen-bond acceptors (Lipinski definition) is 4. The summed E-state index contributed by atoms with van der Waals surface area (Å²) < 4.78 is 6.25. The van der Waals surface area contributed by atoms with E-state index in [2.05, 4.69) is 46.1 Å². The molecule has 1 N–H and O–H groups in total. The smallest absolute Gasteiger partial charge is 0.120 e. The molecule has 0 saturated heterocycles. The maximum Gasteiger partial charge on any atom is 0.120 e. The molecule has 19 heavy (non-hydrogen) atoms. The number of nitrogens with zero attached hydrogens (tertiary/aromatic N) is 1. The van der Waals surface area contributed by atoms with Crippen LogP contribution in [0.4, 0.5) is 0 Å². The van der Waals surface area contributed by atoms with Gasteiger partial charge in [-0.2, -0.15) is 0 Å². The normalized spacial score (nSPS) is 11.6. The summed E-state index contributed by atoms with van der Waals surface area (Å²) in [7, 11) is 1.67. The third-order valence-corrected chi connectivity index (χ3v) is 4.78. The summed E-state index contributed by atoms with van der Waals surface area (Å²) >= 11 is 5.24.